The number of carbonyl (C=O) groups excluding carboxylic acids is 1. The molecule has 242 valence electrons. The topological polar surface area (TPSA) is 112 Å². The number of aliphatic hydroxyl groups excluding tert-OH is 1. The molecule has 2 aromatic carbocycles. The number of rotatable bonds is 11. The largest absolute Gasteiger partial charge is 0.496 e. The third-order valence-corrected chi connectivity index (χ3v) is 10.9. The molecule has 1 heterocycles. The van der Waals surface area contributed by atoms with Crippen LogP contribution in [0.5, 0.6) is 5.75 Å². The van der Waals surface area contributed by atoms with Crippen molar-refractivity contribution in [3.05, 3.63) is 47.5 Å². The number of hydroxylamine groups is 2. The summed E-state index contributed by atoms with van der Waals surface area (Å²) in [6.07, 6.45) is 0.987. The first-order chi connectivity index (χ1) is 20.9. The molecule has 5 N–H and O–H groups in total. The van der Waals surface area contributed by atoms with Crippen LogP contribution in [-0.2, 0) is 22.7 Å². The smallest absolute Gasteiger partial charge is 0.240 e. The normalized spacial score (nSPS) is 30.0. The summed E-state index contributed by atoms with van der Waals surface area (Å²) >= 11 is 0. The fourth-order valence-corrected chi connectivity index (χ4v) is 8.27. The number of nitrogens with two attached hydrogens (primary N) is 1. The van der Waals surface area contributed by atoms with Gasteiger partial charge in [0.05, 0.1) is 25.9 Å². The predicted molar refractivity (Wildman–Crippen MR) is 175 cm³/mol. The Morgan fingerprint density at radius 1 is 1.25 bits per heavy atom. The number of methoxy groups -OCH3 is 1. The first-order valence-corrected chi connectivity index (χ1v) is 16.1. The van der Waals surface area contributed by atoms with Gasteiger partial charge in [0.2, 0.25) is 5.91 Å². The van der Waals surface area contributed by atoms with E-state index in [1.165, 1.54) is 12.0 Å². The zero-order valence-electron chi connectivity index (χ0n) is 27.8. The van der Waals surface area contributed by atoms with Crippen LogP contribution in [0.25, 0.3) is 11.1 Å². The zero-order valence-corrected chi connectivity index (χ0v) is 27.8. The summed E-state index contributed by atoms with van der Waals surface area (Å²) in [6.45, 7) is 9.98. The van der Waals surface area contributed by atoms with Crippen LogP contribution in [0.1, 0.15) is 51.7 Å². The van der Waals surface area contributed by atoms with Crippen LogP contribution in [0, 0.1) is 29.1 Å². The number of fused-ring (bicyclic) bond motifs is 2. The molecule has 9 heteroatoms. The summed E-state index contributed by atoms with van der Waals surface area (Å²) in [5.74, 6) is 1.80. The second-order valence-corrected chi connectivity index (χ2v) is 14.1. The summed E-state index contributed by atoms with van der Waals surface area (Å²) < 4.78 is 6.05. The molecule has 1 aliphatic heterocycles. The summed E-state index contributed by atoms with van der Waals surface area (Å²) in [6, 6.07) is 12.0. The number of anilines is 1. The highest BCUT2D eigenvalue weighted by atomic mass is 16.7. The Kier molecular flexibility index (Phi) is 9.64. The Balaban J connectivity index is 1.45. The van der Waals surface area contributed by atoms with Gasteiger partial charge in [-0.2, -0.15) is 5.06 Å². The SMILES string of the molecule is CNCc1cc(-c2cccc(CN3O[C@@H](CN)[C@@H]([C@H](C)O)[C@H]3C(=O)N[C@H]3C[C@@H]4C[C@H]([C@@H]3C)C4(C)C)c2OC)cc(N(C)C)c1. The lowest BCUT2D eigenvalue weighted by Gasteiger charge is -2.62. The molecule has 0 radical (unpaired) electrons. The van der Waals surface area contributed by atoms with Crippen LogP contribution >= 0.6 is 0 Å². The Bertz CT molecular complexity index is 1330. The van der Waals surface area contributed by atoms with Gasteiger partial charge in [0.25, 0.3) is 0 Å². The number of hydrogen-bond donors (Lipinski definition) is 4. The van der Waals surface area contributed by atoms with E-state index in [-0.39, 0.29) is 18.5 Å². The zero-order chi connectivity index (χ0) is 31.9. The molecule has 2 aromatic rings. The first-order valence-electron chi connectivity index (χ1n) is 16.1. The maximum atomic E-state index is 14.1. The first kappa shape index (κ1) is 32.7. The van der Waals surface area contributed by atoms with Crippen molar-refractivity contribution in [3.8, 4) is 16.9 Å². The third-order valence-electron chi connectivity index (χ3n) is 10.9. The lowest BCUT2D eigenvalue weighted by Crippen LogP contribution is -2.62. The molecule has 1 amide bonds. The molecular formula is C35H53N5O4. The molecule has 44 heavy (non-hydrogen) atoms. The third kappa shape index (κ3) is 5.97. The van der Waals surface area contributed by atoms with Gasteiger partial charge >= 0.3 is 0 Å². The van der Waals surface area contributed by atoms with E-state index < -0.39 is 24.2 Å². The lowest BCUT2D eigenvalue weighted by molar-refractivity contribution is -0.175. The quantitative estimate of drug-likeness (QED) is 0.306. The molecular weight excluding hydrogens is 554 g/mol. The van der Waals surface area contributed by atoms with E-state index in [1.54, 1.807) is 19.1 Å². The number of carbonyl (C=O) groups is 1. The number of nitrogens with one attached hydrogen (secondary N) is 2. The molecule has 9 nitrogen and oxygen atoms in total. The average Bonchev–Trinajstić information content (AvgIpc) is 3.36. The van der Waals surface area contributed by atoms with Crippen molar-refractivity contribution in [3.63, 3.8) is 0 Å². The highest BCUT2D eigenvalue weighted by Gasteiger charge is 2.57. The molecule has 8 atom stereocenters. The van der Waals surface area contributed by atoms with Crippen molar-refractivity contribution in [1.82, 2.24) is 15.7 Å². The maximum Gasteiger partial charge on any atom is 0.240 e. The minimum atomic E-state index is -0.770. The van der Waals surface area contributed by atoms with Gasteiger partial charge < -0.3 is 31.1 Å². The molecule has 6 rings (SSSR count). The van der Waals surface area contributed by atoms with Gasteiger partial charge in [-0.3, -0.25) is 9.63 Å². The molecule has 0 spiro atoms. The van der Waals surface area contributed by atoms with E-state index in [4.69, 9.17) is 15.3 Å². The van der Waals surface area contributed by atoms with Crippen molar-refractivity contribution in [2.75, 3.05) is 39.7 Å². The molecule has 3 saturated carbocycles. The highest BCUT2D eigenvalue weighted by molar-refractivity contribution is 5.83. The van der Waals surface area contributed by atoms with Crippen LogP contribution in [0.2, 0.25) is 0 Å². The minimum Gasteiger partial charge on any atom is -0.496 e. The maximum absolute atomic E-state index is 14.1. The van der Waals surface area contributed by atoms with E-state index in [1.807, 2.05) is 33.3 Å². The minimum absolute atomic E-state index is 0.103. The number of para-hydroxylation sites is 1. The summed E-state index contributed by atoms with van der Waals surface area (Å²) in [5, 5.41) is 19.3. The van der Waals surface area contributed by atoms with Gasteiger partial charge in [-0.25, -0.2) is 0 Å². The van der Waals surface area contributed by atoms with E-state index in [9.17, 15) is 9.90 Å². The number of benzene rings is 2. The molecule has 0 unspecified atom stereocenters. The highest BCUT2D eigenvalue weighted by Crippen LogP contribution is 2.61. The predicted octanol–water partition coefficient (Wildman–Crippen LogP) is 3.77. The molecule has 0 aromatic heterocycles. The lowest BCUT2D eigenvalue weighted by atomic mass is 9.45. The van der Waals surface area contributed by atoms with Crippen molar-refractivity contribution in [2.24, 2.45) is 34.8 Å². The second-order valence-electron chi connectivity index (χ2n) is 14.1. The Morgan fingerprint density at radius 3 is 2.59 bits per heavy atom. The molecule has 2 bridgehead atoms. The van der Waals surface area contributed by atoms with Crippen molar-refractivity contribution in [2.45, 2.75) is 77.9 Å². The number of aliphatic hydroxyl groups is 1. The molecule has 1 saturated heterocycles. The van der Waals surface area contributed by atoms with Crippen molar-refractivity contribution >= 4 is 11.6 Å². The second kappa shape index (κ2) is 13.0. The van der Waals surface area contributed by atoms with Gasteiger partial charge in [0.1, 0.15) is 11.8 Å². The molecule has 4 fully saturated rings. The fourth-order valence-electron chi connectivity index (χ4n) is 8.27. The van der Waals surface area contributed by atoms with E-state index in [2.05, 4.69) is 60.6 Å². The average molecular weight is 608 g/mol. The van der Waals surface area contributed by atoms with Crippen LogP contribution in [-0.4, -0.2) is 75.2 Å². The van der Waals surface area contributed by atoms with Gasteiger partial charge in [-0.15, -0.1) is 0 Å². The van der Waals surface area contributed by atoms with Gasteiger partial charge in [-0.1, -0.05) is 39.0 Å². The monoisotopic (exact) mass is 607 g/mol. The summed E-state index contributed by atoms with van der Waals surface area (Å²) in [4.78, 5) is 22.6. The van der Waals surface area contributed by atoms with Crippen LogP contribution < -0.4 is 26.0 Å². The van der Waals surface area contributed by atoms with Crippen LogP contribution in [0.4, 0.5) is 5.69 Å². The van der Waals surface area contributed by atoms with Gasteiger partial charge in [-0.05, 0) is 79.3 Å². The fraction of sp³-hybridized carbons (Fsp3) is 0.629. The van der Waals surface area contributed by atoms with Crippen LogP contribution in [0.3, 0.4) is 0 Å². The summed E-state index contributed by atoms with van der Waals surface area (Å²) in [7, 11) is 7.70. The van der Waals surface area contributed by atoms with E-state index >= 15 is 0 Å². The van der Waals surface area contributed by atoms with Gasteiger partial charge in [0.15, 0.2) is 0 Å². The Hall–Kier alpha value is -2.69. The summed E-state index contributed by atoms with van der Waals surface area (Å²) in [5.41, 5.74) is 11.7. The molecule has 4 aliphatic rings. The van der Waals surface area contributed by atoms with Crippen LogP contribution in [0.15, 0.2) is 36.4 Å². The Morgan fingerprint density at radius 2 is 2.00 bits per heavy atom. The Labute approximate surface area is 263 Å². The standard InChI is InChI=1S/C35H53N5O4/c1-20-28-15-25(35(28,3)4)16-29(20)38-34(42)32-31(21(2)41)30(17-36)44-40(32)19-23-10-9-11-27(33(23)43-8)24-12-22(18-37-5)13-26(14-24)39(6)7/h9-14,20-21,25,28-32,37,41H,15-19,36H2,1-8H3,(H,38,42)/t20-,21-,25-,28+,29-,30-,31+,32-/m0/s1. The van der Waals surface area contributed by atoms with Crippen molar-refractivity contribution < 1.29 is 19.5 Å². The van der Waals surface area contributed by atoms with E-state index in [0.717, 1.165) is 41.1 Å². The van der Waals surface area contributed by atoms with E-state index in [0.29, 0.717) is 29.7 Å². The number of hydrogen-bond acceptors (Lipinski definition) is 8. The molecule has 3 aliphatic carbocycles. The van der Waals surface area contributed by atoms with Gasteiger partial charge in [0, 0.05) is 56.0 Å². The van der Waals surface area contributed by atoms with Crippen molar-refractivity contribution in [1.29, 1.82) is 0 Å². The number of ether oxygens (including phenoxy) is 1. The number of nitrogens with zero attached hydrogens (tertiary/aromatic N) is 2. The number of amides is 1.